The zero-order chi connectivity index (χ0) is 22.9. The number of halogens is 1. The molecule has 2 aromatic carbocycles. The van der Waals surface area contributed by atoms with Gasteiger partial charge in [-0.15, -0.1) is 11.8 Å². The first-order valence-electron chi connectivity index (χ1n) is 10.3. The minimum atomic E-state index is -1.52. The van der Waals surface area contributed by atoms with E-state index < -0.39 is 11.6 Å². The summed E-state index contributed by atoms with van der Waals surface area (Å²) in [6.45, 7) is 2.59. The molecule has 0 unspecified atom stereocenters. The summed E-state index contributed by atoms with van der Waals surface area (Å²) in [5.41, 5.74) is 0.297. The molecule has 2 aliphatic heterocycles. The molecule has 2 atom stereocenters. The molecule has 166 valence electrons. The second-order valence-electron chi connectivity index (χ2n) is 7.69. The third-order valence-corrected chi connectivity index (χ3v) is 7.14. The molecular formula is C24H23ClN2O4S. The lowest BCUT2D eigenvalue weighted by Gasteiger charge is -2.38. The Balaban J connectivity index is 1.73. The van der Waals surface area contributed by atoms with E-state index in [1.165, 1.54) is 16.7 Å². The molecule has 6 nitrogen and oxygen atoms in total. The zero-order valence-corrected chi connectivity index (χ0v) is 19.4. The van der Waals surface area contributed by atoms with E-state index in [0.29, 0.717) is 39.3 Å². The van der Waals surface area contributed by atoms with Gasteiger partial charge in [-0.3, -0.25) is 9.69 Å². The van der Waals surface area contributed by atoms with Crippen molar-refractivity contribution in [2.75, 3.05) is 19.5 Å². The number of fused-ring (bicyclic) bond motifs is 1. The Hall–Kier alpha value is -2.66. The van der Waals surface area contributed by atoms with Crippen molar-refractivity contribution in [3.8, 4) is 17.6 Å². The van der Waals surface area contributed by atoms with Crippen LogP contribution in [0, 0.1) is 11.3 Å². The molecule has 0 spiro atoms. The van der Waals surface area contributed by atoms with Crippen molar-refractivity contribution in [1.82, 2.24) is 4.90 Å². The van der Waals surface area contributed by atoms with Crippen LogP contribution in [0.1, 0.15) is 36.8 Å². The molecule has 0 aliphatic carbocycles. The van der Waals surface area contributed by atoms with Crippen LogP contribution >= 0.6 is 23.4 Å². The lowest BCUT2D eigenvalue weighted by atomic mass is 9.85. The maximum absolute atomic E-state index is 13.3. The van der Waals surface area contributed by atoms with E-state index in [2.05, 4.69) is 6.07 Å². The Morgan fingerprint density at radius 1 is 1.28 bits per heavy atom. The number of carbonyl (C=O) groups excluding carboxylic acids is 1. The Kier molecular flexibility index (Phi) is 6.38. The number of hydrogen-bond acceptors (Lipinski definition) is 6. The van der Waals surface area contributed by atoms with Gasteiger partial charge in [0.1, 0.15) is 0 Å². The minimum absolute atomic E-state index is 0.0706. The number of thioether (sulfide) groups is 1. The van der Waals surface area contributed by atoms with Gasteiger partial charge in [-0.2, -0.15) is 5.26 Å². The fourth-order valence-corrected chi connectivity index (χ4v) is 5.56. The first kappa shape index (κ1) is 22.5. The number of nitrogens with zero attached hydrogens (tertiary/aromatic N) is 2. The van der Waals surface area contributed by atoms with Crippen molar-refractivity contribution in [3.63, 3.8) is 0 Å². The van der Waals surface area contributed by atoms with Gasteiger partial charge in [0, 0.05) is 22.9 Å². The smallest absolute Gasteiger partial charge is 0.231 e. The first-order chi connectivity index (χ1) is 15.4. The van der Waals surface area contributed by atoms with Gasteiger partial charge in [-0.05, 0) is 36.2 Å². The van der Waals surface area contributed by atoms with E-state index in [9.17, 15) is 15.2 Å². The second kappa shape index (κ2) is 9.07. The number of ether oxygens (including phenoxy) is 2. The number of aliphatic hydroxyl groups is 1. The molecule has 1 fully saturated rings. The maximum atomic E-state index is 13.3. The fraction of sp³-hybridized carbons (Fsp3) is 0.333. The number of amides is 1. The van der Waals surface area contributed by atoms with E-state index in [4.69, 9.17) is 21.1 Å². The molecule has 1 amide bonds. The summed E-state index contributed by atoms with van der Waals surface area (Å²) in [7, 11) is 1.56. The van der Waals surface area contributed by atoms with Crippen LogP contribution in [-0.4, -0.2) is 35.4 Å². The van der Waals surface area contributed by atoms with Gasteiger partial charge in [0.2, 0.25) is 5.91 Å². The molecule has 1 N–H and O–H groups in total. The maximum Gasteiger partial charge on any atom is 0.231 e. The van der Waals surface area contributed by atoms with Crippen LogP contribution in [0.4, 0.5) is 0 Å². The minimum Gasteiger partial charge on any atom is -0.493 e. The van der Waals surface area contributed by atoms with Crippen LogP contribution in [0.3, 0.4) is 0 Å². The zero-order valence-electron chi connectivity index (χ0n) is 17.8. The molecule has 0 saturated carbocycles. The number of rotatable bonds is 6. The van der Waals surface area contributed by atoms with E-state index in [0.717, 1.165) is 12.0 Å². The van der Waals surface area contributed by atoms with Crippen LogP contribution in [0.5, 0.6) is 11.5 Å². The molecule has 0 bridgehead atoms. The standard InChI is InChI=1S/C24H23ClN2O4S/c1-3-10-31-20-9-4-15(11-21(20)30-2)18-12-22(28)27-23(19(18)13-26)32-14-24(27,29)16-5-7-17(25)8-6-16/h4-9,11,18,29H,3,10,12,14H2,1-2H3/t18-,24+/m1/s1. The van der Waals surface area contributed by atoms with Crippen molar-refractivity contribution in [2.24, 2.45) is 0 Å². The Bertz CT molecular complexity index is 1110. The Morgan fingerprint density at radius 3 is 2.69 bits per heavy atom. The average Bonchev–Trinajstić information content (AvgIpc) is 3.17. The molecule has 4 rings (SSSR count). The number of allylic oxidation sites excluding steroid dienone is 1. The van der Waals surface area contributed by atoms with Crippen molar-refractivity contribution >= 4 is 29.3 Å². The summed E-state index contributed by atoms with van der Waals surface area (Å²) in [6, 6.07) is 14.6. The molecule has 1 saturated heterocycles. The average molecular weight is 471 g/mol. The number of methoxy groups -OCH3 is 1. The van der Waals surface area contributed by atoms with Crippen LogP contribution < -0.4 is 9.47 Å². The third kappa shape index (κ3) is 3.83. The van der Waals surface area contributed by atoms with Crippen LogP contribution in [0.25, 0.3) is 0 Å². The van der Waals surface area contributed by atoms with Gasteiger partial charge in [-0.25, -0.2) is 0 Å². The highest BCUT2D eigenvalue weighted by atomic mass is 35.5. The Morgan fingerprint density at radius 2 is 2.03 bits per heavy atom. The van der Waals surface area contributed by atoms with Crippen LogP contribution in [0.2, 0.25) is 5.02 Å². The predicted molar refractivity (Wildman–Crippen MR) is 123 cm³/mol. The monoisotopic (exact) mass is 470 g/mol. The lowest BCUT2D eigenvalue weighted by molar-refractivity contribution is -0.149. The number of carbonyl (C=O) groups is 1. The lowest BCUT2D eigenvalue weighted by Crippen LogP contribution is -2.48. The molecule has 8 heteroatoms. The van der Waals surface area contributed by atoms with Gasteiger partial charge >= 0.3 is 0 Å². The summed E-state index contributed by atoms with van der Waals surface area (Å²) in [5, 5.41) is 22.5. The van der Waals surface area contributed by atoms with Gasteiger partial charge in [0.15, 0.2) is 17.2 Å². The first-order valence-corrected chi connectivity index (χ1v) is 11.7. The molecule has 0 radical (unpaired) electrons. The molecule has 2 aliphatic rings. The highest BCUT2D eigenvalue weighted by Crippen LogP contribution is 2.52. The van der Waals surface area contributed by atoms with Gasteiger partial charge in [0.25, 0.3) is 0 Å². The SMILES string of the molecule is CCCOc1ccc([C@H]2CC(=O)N3C(=C2C#N)SC[C@]3(O)c2ccc(Cl)cc2)cc1OC. The normalized spacial score (nSPS) is 22.5. The third-order valence-electron chi connectivity index (χ3n) is 5.67. The van der Waals surface area contributed by atoms with E-state index in [1.807, 2.05) is 25.1 Å². The van der Waals surface area contributed by atoms with Crippen molar-refractivity contribution in [2.45, 2.75) is 31.4 Å². The summed E-state index contributed by atoms with van der Waals surface area (Å²) < 4.78 is 11.2. The number of nitriles is 1. The summed E-state index contributed by atoms with van der Waals surface area (Å²) >= 11 is 7.30. The topological polar surface area (TPSA) is 82.8 Å². The van der Waals surface area contributed by atoms with E-state index in [1.54, 1.807) is 31.4 Å². The predicted octanol–water partition coefficient (Wildman–Crippen LogP) is 4.78. The fourth-order valence-electron chi connectivity index (χ4n) is 4.07. The summed E-state index contributed by atoms with van der Waals surface area (Å²) in [5.74, 6) is 0.760. The number of benzene rings is 2. The quantitative estimate of drug-likeness (QED) is 0.654. The largest absolute Gasteiger partial charge is 0.493 e. The van der Waals surface area contributed by atoms with Crippen molar-refractivity contribution < 1.29 is 19.4 Å². The summed E-state index contributed by atoms with van der Waals surface area (Å²) in [6.07, 6.45) is 0.942. The highest BCUT2D eigenvalue weighted by molar-refractivity contribution is 8.03. The molecular weight excluding hydrogens is 448 g/mol. The van der Waals surface area contributed by atoms with Gasteiger partial charge in [-0.1, -0.05) is 36.7 Å². The van der Waals surface area contributed by atoms with E-state index in [-0.39, 0.29) is 18.1 Å². The summed E-state index contributed by atoms with van der Waals surface area (Å²) in [4.78, 5) is 14.6. The van der Waals surface area contributed by atoms with Crippen molar-refractivity contribution in [1.29, 1.82) is 5.26 Å². The van der Waals surface area contributed by atoms with Crippen LogP contribution in [-0.2, 0) is 10.5 Å². The van der Waals surface area contributed by atoms with Crippen LogP contribution in [0.15, 0.2) is 53.1 Å². The second-order valence-corrected chi connectivity index (χ2v) is 9.09. The Labute approximate surface area is 196 Å². The molecule has 2 heterocycles. The molecule has 32 heavy (non-hydrogen) atoms. The number of hydrogen-bond donors (Lipinski definition) is 1. The van der Waals surface area contributed by atoms with Gasteiger partial charge < -0.3 is 14.6 Å². The van der Waals surface area contributed by atoms with Gasteiger partial charge in [0.05, 0.1) is 36.1 Å². The molecule has 0 aromatic heterocycles. The molecule has 2 aromatic rings. The van der Waals surface area contributed by atoms with Crippen molar-refractivity contribution in [3.05, 3.63) is 69.2 Å². The van der Waals surface area contributed by atoms with E-state index >= 15 is 0 Å². The highest BCUT2D eigenvalue weighted by Gasteiger charge is 2.51.